The molecule has 0 unspecified atom stereocenters. The molecule has 24 heavy (non-hydrogen) atoms. The molecule has 0 aliphatic heterocycles. The predicted octanol–water partition coefficient (Wildman–Crippen LogP) is 3.91. The molecule has 5 nitrogen and oxygen atoms in total. The number of benzene rings is 1. The van der Waals surface area contributed by atoms with Gasteiger partial charge in [0, 0.05) is 22.3 Å². The van der Waals surface area contributed by atoms with Crippen molar-refractivity contribution in [2.24, 2.45) is 4.99 Å². The zero-order valence-corrected chi connectivity index (χ0v) is 13.7. The van der Waals surface area contributed by atoms with Gasteiger partial charge in [0.05, 0.1) is 19.0 Å². The summed E-state index contributed by atoms with van der Waals surface area (Å²) >= 11 is 6.12. The highest BCUT2D eigenvalue weighted by Crippen LogP contribution is 2.33. The van der Waals surface area contributed by atoms with Gasteiger partial charge in [0.2, 0.25) is 0 Å². The topological polar surface area (TPSA) is 74.1 Å². The molecule has 2 heterocycles. The fourth-order valence-corrected chi connectivity index (χ4v) is 2.60. The van der Waals surface area contributed by atoms with E-state index in [0.717, 1.165) is 28.7 Å². The Morgan fingerprint density at radius 2 is 2.08 bits per heavy atom. The summed E-state index contributed by atoms with van der Waals surface area (Å²) in [6.45, 7) is 0. The molecule has 0 atom stereocenters. The van der Waals surface area contributed by atoms with Crippen LogP contribution < -0.4 is 10.2 Å². The standard InChI is InChI=1S/C18H15ClN4O/c1-24-15-9-16(12-5-6-21-17(8-12)23-11-20)18(22-10-15)13-3-2-4-14(19)7-13/h2-11H,1H3,(H2,20,21,23). The SMILES string of the molecule is COc1cnc(-c2cccc(Cl)c2)c(-c2cc[nH]/c(=N\C=N)c2)c1. The van der Waals surface area contributed by atoms with Crippen LogP contribution in [0.15, 0.2) is 59.9 Å². The number of aromatic nitrogens is 2. The molecular weight excluding hydrogens is 324 g/mol. The van der Waals surface area contributed by atoms with E-state index in [1.165, 1.54) is 0 Å². The minimum atomic E-state index is 0.586. The van der Waals surface area contributed by atoms with Crippen LogP contribution in [0, 0.1) is 5.41 Å². The molecule has 6 heteroatoms. The van der Waals surface area contributed by atoms with E-state index in [-0.39, 0.29) is 0 Å². The number of pyridine rings is 2. The number of ether oxygens (including phenoxy) is 1. The lowest BCUT2D eigenvalue weighted by Gasteiger charge is -2.11. The molecule has 0 spiro atoms. The highest BCUT2D eigenvalue weighted by atomic mass is 35.5. The lowest BCUT2D eigenvalue weighted by atomic mass is 10.00. The van der Waals surface area contributed by atoms with Crippen molar-refractivity contribution in [1.82, 2.24) is 9.97 Å². The summed E-state index contributed by atoms with van der Waals surface area (Å²) in [5, 5.41) is 7.77. The number of rotatable bonds is 4. The zero-order valence-electron chi connectivity index (χ0n) is 13.0. The Morgan fingerprint density at radius 3 is 2.83 bits per heavy atom. The van der Waals surface area contributed by atoms with Gasteiger partial charge in [-0.1, -0.05) is 23.7 Å². The van der Waals surface area contributed by atoms with Crippen LogP contribution in [0.4, 0.5) is 0 Å². The smallest absolute Gasteiger partial charge is 0.137 e. The molecule has 0 aliphatic rings. The van der Waals surface area contributed by atoms with E-state index in [9.17, 15) is 0 Å². The van der Waals surface area contributed by atoms with Gasteiger partial charge in [-0.05, 0) is 35.9 Å². The van der Waals surface area contributed by atoms with Crippen molar-refractivity contribution in [3.05, 3.63) is 65.4 Å². The van der Waals surface area contributed by atoms with E-state index in [1.54, 1.807) is 19.5 Å². The highest BCUT2D eigenvalue weighted by Gasteiger charge is 2.11. The lowest BCUT2D eigenvalue weighted by molar-refractivity contribution is 0.413. The first-order valence-electron chi connectivity index (χ1n) is 7.23. The number of H-pyrrole nitrogens is 1. The number of methoxy groups -OCH3 is 1. The van der Waals surface area contributed by atoms with Crippen molar-refractivity contribution in [3.63, 3.8) is 0 Å². The highest BCUT2D eigenvalue weighted by molar-refractivity contribution is 6.30. The third-order valence-electron chi connectivity index (χ3n) is 3.50. The summed E-state index contributed by atoms with van der Waals surface area (Å²) in [7, 11) is 1.61. The zero-order chi connectivity index (χ0) is 16.9. The predicted molar refractivity (Wildman–Crippen MR) is 95.4 cm³/mol. The molecule has 0 amide bonds. The van der Waals surface area contributed by atoms with Crippen LogP contribution in [0.1, 0.15) is 0 Å². The van der Waals surface area contributed by atoms with E-state index < -0.39 is 0 Å². The van der Waals surface area contributed by atoms with Gasteiger partial charge < -0.3 is 9.72 Å². The van der Waals surface area contributed by atoms with E-state index in [0.29, 0.717) is 16.3 Å². The molecule has 0 bridgehead atoms. The lowest BCUT2D eigenvalue weighted by Crippen LogP contribution is -2.06. The minimum Gasteiger partial charge on any atom is -0.495 e. The summed E-state index contributed by atoms with van der Waals surface area (Å²) < 4.78 is 5.31. The summed E-state index contributed by atoms with van der Waals surface area (Å²) in [5.74, 6) is 0.661. The fraction of sp³-hybridized carbons (Fsp3) is 0.0556. The summed E-state index contributed by atoms with van der Waals surface area (Å²) in [4.78, 5) is 11.5. The Bertz CT molecular complexity index is 949. The normalized spacial score (nSPS) is 11.3. The molecular formula is C18H15ClN4O. The Labute approximate surface area is 144 Å². The number of nitrogens with zero attached hydrogens (tertiary/aromatic N) is 2. The molecule has 1 aromatic carbocycles. The van der Waals surface area contributed by atoms with Crippen molar-refractivity contribution in [2.45, 2.75) is 0 Å². The number of hydrogen-bond donors (Lipinski definition) is 2. The molecule has 0 saturated heterocycles. The third kappa shape index (κ3) is 3.36. The number of aromatic amines is 1. The molecule has 2 N–H and O–H groups in total. The van der Waals surface area contributed by atoms with Crippen LogP contribution in [-0.4, -0.2) is 23.4 Å². The first-order valence-corrected chi connectivity index (χ1v) is 7.61. The van der Waals surface area contributed by atoms with Gasteiger partial charge in [-0.25, -0.2) is 4.99 Å². The maximum absolute atomic E-state index is 7.12. The maximum Gasteiger partial charge on any atom is 0.137 e. The van der Waals surface area contributed by atoms with Crippen molar-refractivity contribution >= 4 is 17.9 Å². The molecule has 0 fully saturated rings. The van der Waals surface area contributed by atoms with Gasteiger partial charge in [-0.2, -0.15) is 0 Å². The van der Waals surface area contributed by atoms with Crippen molar-refractivity contribution in [1.29, 1.82) is 5.41 Å². The summed E-state index contributed by atoms with van der Waals surface area (Å²) in [6.07, 6.45) is 4.45. The van der Waals surface area contributed by atoms with Gasteiger partial charge in [-0.15, -0.1) is 0 Å². The summed E-state index contributed by atoms with van der Waals surface area (Å²) in [5.41, 5.74) is 4.11. The van der Waals surface area contributed by atoms with Crippen molar-refractivity contribution < 1.29 is 4.74 Å². The molecule has 0 saturated carbocycles. The average Bonchev–Trinajstić information content (AvgIpc) is 2.62. The second kappa shape index (κ2) is 7.10. The van der Waals surface area contributed by atoms with Crippen LogP contribution in [0.25, 0.3) is 22.4 Å². The molecule has 3 aromatic rings. The summed E-state index contributed by atoms with van der Waals surface area (Å²) in [6, 6.07) is 13.3. The molecule has 0 radical (unpaired) electrons. The van der Waals surface area contributed by atoms with Crippen LogP contribution in [0.2, 0.25) is 5.02 Å². The maximum atomic E-state index is 7.12. The monoisotopic (exact) mass is 338 g/mol. The van der Waals surface area contributed by atoms with Crippen LogP contribution >= 0.6 is 11.6 Å². The Hall–Kier alpha value is -2.92. The second-order valence-electron chi connectivity index (χ2n) is 5.00. The number of hydrogen-bond acceptors (Lipinski definition) is 3. The quantitative estimate of drug-likeness (QED) is 0.559. The van der Waals surface area contributed by atoms with Gasteiger partial charge in [0.25, 0.3) is 0 Å². The third-order valence-corrected chi connectivity index (χ3v) is 3.73. The first kappa shape index (κ1) is 16.0. The largest absolute Gasteiger partial charge is 0.495 e. The van der Waals surface area contributed by atoms with Gasteiger partial charge >= 0.3 is 0 Å². The number of nitrogens with one attached hydrogen (secondary N) is 2. The van der Waals surface area contributed by atoms with Crippen molar-refractivity contribution in [2.75, 3.05) is 7.11 Å². The van der Waals surface area contributed by atoms with Crippen LogP contribution in [0.3, 0.4) is 0 Å². The van der Waals surface area contributed by atoms with Crippen molar-refractivity contribution in [3.8, 4) is 28.1 Å². The first-order chi connectivity index (χ1) is 11.7. The second-order valence-corrected chi connectivity index (χ2v) is 5.44. The average molecular weight is 339 g/mol. The van der Waals surface area contributed by atoms with E-state index in [4.69, 9.17) is 21.7 Å². The molecule has 3 rings (SSSR count). The van der Waals surface area contributed by atoms with E-state index in [1.807, 2.05) is 42.5 Å². The Morgan fingerprint density at radius 1 is 1.21 bits per heavy atom. The minimum absolute atomic E-state index is 0.586. The Kier molecular flexibility index (Phi) is 4.72. The molecule has 120 valence electrons. The van der Waals surface area contributed by atoms with Crippen LogP contribution in [-0.2, 0) is 0 Å². The molecule has 0 aliphatic carbocycles. The van der Waals surface area contributed by atoms with E-state index in [2.05, 4.69) is 15.0 Å². The van der Waals surface area contributed by atoms with E-state index >= 15 is 0 Å². The molecule has 2 aromatic heterocycles. The van der Waals surface area contributed by atoms with Gasteiger partial charge in [0.1, 0.15) is 17.6 Å². The van der Waals surface area contributed by atoms with Gasteiger partial charge in [-0.3, -0.25) is 10.4 Å². The van der Waals surface area contributed by atoms with Gasteiger partial charge in [0.15, 0.2) is 0 Å². The van der Waals surface area contributed by atoms with Crippen LogP contribution in [0.5, 0.6) is 5.75 Å². The number of halogens is 1. The fourth-order valence-electron chi connectivity index (χ4n) is 2.41. The Balaban J connectivity index is 2.24.